The second kappa shape index (κ2) is 10.8. The molecule has 1 unspecified atom stereocenters. The maximum absolute atomic E-state index is 12.7. The predicted molar refractivity (Wildman–Crippen MR) is 104 cm³/mol. The average molecular weight is 412 g/mol. The minimum atomic E-state index is -0.0758. The van der Waals surface area contributed by atoms with E-state index < -0.39 is 0 Å². The molecule has 9 nitrogen and oxygen atoms in total. The van der Waals surface area contributed by atoms with Crippen LogP contribution in [0.5, 0.6) is 0 Å². The number of furan rings is 1. The average Bonchev–Trinajstić information content (AvgIpc) is 3.36. The van der Waals surface area contributed by atoms with Crippen molar-refractivity contribution in [3.63, 3.8) is 0 Å². The van der Waals surface area contributed by atoms with Crippen molar-refractivity contribution < 1.29 is 18.5 Å². The zero-order valence-corrected chi connectivity index (χ0v) is 16.5. The van der Waals surface area contributed by atoms with Crippen molar-refractivity contribution in [3.05, 3.63) is 24.5 Å². The first-order chi connectivity index (χ1) is 13.2. The molecule has 154 valence electrons. The summed E-state index contributed by atoms with van der Waals surface area (Å²) in [5.41, 5.74) is 6.13. The largest absolute Gasteiger partial charge is 0.472 e. The molecular weight excluding hydrogens is 386 g/mol. The Morgan fingerprint density at radius 3 is 2.93 bits per heavy atom. The fourth-order valence-corrected chi connectivity index (χ4v) is 3.22. The SMILES string of the molecule is Cl.NCCC(=O)NCC1CCCCN1C(=O)CCc1nc(-c2ccoc2)no1. The molecule has 1 fully saturated rings. The molecule has 0 radical (unpaired) electrons. The maximum atomic E-state index is 12.7. The fourth-order valence-electron chi connectivity index (χ4n) is 3.22. The molecule has 0 saturated carbocycles. The summed E-state index contributed by atoms with van der Waals surface area (Å²) >= 11 is 0. The molecule has 0 aliphatic carbocycles. The molecule has 0 aromatic carbocycles. The number of halogens is 1. The third kappa shape index (κ3) is 5.80. The Bertz CT molecular complexity index is 749. The van der Waals surface area contributed by atoms with E-state index in [1.54, 1.807) is 6.07 Å². The lowest BCUT2D eigenvalue weighted by molar-refractivity contribution is -0.135. The third-order valence-electron chi connectivity index (χ3n) is 4.65. The summed E-state index contributed by atoms with van der Waals surface area (Å²) in [5, 5.41) is 6.77. The molecule has 2 aromatic rings. The van der Waals surface area contributed by atoms with Gasteiger partial charge in [-0.15, -0.1) is 12.4 Å². The highest BCUT2D eigenvalue weighted by Crippen LogP contribution is 2.19. The normalized spacial score (nSPS) is 16.5. The van der Waals surface area contributed by atoms with Crippen LogP contribution in [0.3, 0.4) is 0 Å². The highest BCUT2D eigenvalue weighted by Gasteiger charge is 2.27. The van der Waals surface area contributed by atoms with Crippen LogP contribution in [-0.2, 0) is 16.0 Å². The molecule has 10 heteroatoms. The molecule has 2 amide bonds. The molecule has 1 atom stereocenters. The summed E-state index contributed by atoms with van der Waals surface area (Å²) in [7, 11) is 0. The van der Waals surface area contributed by atoms with Crippen LogP contribution in [0.15, 0.2) is 27.5 Å². The van der Waals surface area contributed by atoms with Crippen molar-refractivity contribution >= 4 is 24.2 Å². The number of nitrogens with zero attached hydrogens (tertiary/aromatic N) is 3. The molecule has 3 rings (SSSR count). The second-order valence-corrected chi connectivity index (χ2v) is 6.60. The molecule has 1 saturated heterocycles. The van der Waals surface area contributed by atoms with Crippen LogP contribution in [-0.4, -0.2) is 52.5 Å². The molecule has 0 bridgehead atoms. The summed E-state index contributed by atoms with van der Waals surface area (Å²) in [6, 6.07) is 1.77. The van der Waals surface area contributed by atoms with Crippen LogP contribution >= 0.6 is 12.4 Å². The van der Waals surface area contributed by atoms with Gasteiger partial charge in [-0.3, -0.25) is 9.59 Å². The van der Waals surface area contributed by atoms with E-state index in [1.165, 1.54) is 12.5 Å². The summed E-state index contributed by atoms with van der Waals surface area (Å²) < 4.78 is 10.2. The first-order valence-corrected chi connectivity index (χ1v) is 9.28. The monoisotopic (exact) mass is 411 g/mol. The fraction of sp³-hybridized carbons (Fsp3) is 0.556. The van der Waals surface area contributed by atoms with Gasteiger partial charge in [-0.2, -0.15) is 4.98 Å². The Kier molecular flexibility index (Phi) is 8.46. The van der Waals surface area contributed by atoms with E-state index in [-0.39, 0.29) is 30.3 Å². The zero-order valence-electron chi connectivity index (χ0n) is 15.6. The van der Waals surface area contributed by atoms with E-state index in [0.717, 1.165) is 24.8 Å². The minimum Gasteiger partial charge on any atom is -0.472 e. The molecule has 28 heavy (non-hydrogen) atoms. The van der Waals surface area contributed by atoms with Gasteiger partial charge in [0.2, 0.25) is 23.5 Å². The third-order valence-corrected chi connectivity index (χ3v) is 4.65. The number of amides is 2. The Morgan fingerprint density at radius 1 is 1.32 bits per heavy atom. The topological polar surface area (TPSA) is 127 Å². The van der Waals surface area contributed by atoms with E-state index in [1.807, 2.05) is 4.90 Å². The van der Waals surface area contributed by atoms with Crippen LogP contribution in [0.2, 0.25) is 0 Å². The van der Waals surface area contributed by atoms with E-state index in [4.69, 9.17) is 14.7 Å². The molecule has 3 heterocycles. The lowest BCUT2D eigenvalue weighted by Crippen LogP contribution is -2.49. The summed E-state index contributed by atoms with van der Waals surface area (Å²) in [6.07, 6.45) is 6.97. The van der Waals surface area contributed by atoms with Crippen LogP contribution in [0.25, 0.3) is 11.4 Å². The number of rotatable bonds is 8. The molecule has 3 N–H and O–H groups in total. The van der Waals surface area contributed by atoms with Gasteiger partial charge in [0.1, 0.15) is 6.26 Å². The van der Waals surface area contributed by atoms with Crippen LogP contribution in [0, 0.1) is 0 Å². The van der Waals surface area contributed by atoms with Gasteiger partial charge in [0.05, 0.1) is 11.8 Å². The van der Waals surface area contributed by atoms with E-state index in [0.29, 0.717) is 50.6 Å². The summed E-state index contributed by atoms with van der Waals surface area (Å²) in [4.78, 5) is 30.5. The number of likely N-dealkylation sites (tertiary alicyclic amines) is 1. The maximum Gasteiger partial charge on any atom is 0.227 e. The summed E-state index contributed by atoms with van der Waals surface area (Å²) in [6.45, 7) is 1.50. The quantitative estimate of drug-likeness (QED) is 0.674. The predicted octanol–water partition coefficient (Wildman–Crippen LogP) is 1.53. The minimum absolute atomic E-state index is 0. The molecular formula is C18H26ClN5O4. The van der Waals surface area contributed by atoms with Gasteiger partial charge in [-0.25, -0.2) is 0 Å². The summed E-state index contributed by atoms with van der Waals surface area (Å²) in [5.74, 6) is 0.831. The van der Waals surface area contributed by atoms with Crippen molar-refractivity contribution in [1.82, 2.24) is 20.4 Å². The van der Waals surface area contributed by atoms with Crippen molar-refractivity contribution in [3.8, 4) is 11.4 Å². The Labute approximate surface area is 169 Å². The van der Waals surface area contributed by atoms with Crippen molar-refractivity contribution in [1.29, 1.82) is 0 Å². The molecule has 2 aromatic heterocycles. The van der Waals surface area contributed by atoms with Gasteiger partial charge in [-0.1, -0.05) is 5.16 Å². The Morgan fingerprint density at radius 2 is 2.18 bits per heavy atom. The van der Waals surface area contributed by atoms with Crippen molar-refractivity contribution in [2.75, 3.05) is 19.6 Å². The van der Waals surface area contributed by atoms with E-state index >= 15 is 0 Å². The van der Waals surface area contributed by atoms with Crippen molar-refractivity contribution in [2.24, 2.45) is 5.73 Å². The highest BCUT2D eigenvalue weighted by atomic mass is 35.5. The molecule has 1 aliphatic heterocycles. The van der Waals surface area contributed by atoms with E-state index in [9.17, 15) is 9.59 Å². The van der Waals surface area contributed by atoms with Gasteiger partial charge in [0.15, 0.2) is 0 Å². The smallest absolute Gasteiger partial charge is 0.227 e. The number of hydrogen-bond donors (Lipinski definition) is 2. The Hall–Kier alpha value is -2.39. The van der Waals surface area contributed by atoms with Crippen LogP contribution in [0.1, 0.15) is 38.0 Å². The van der Waals surface area contributed by atoms with Crippen LogP contribution in [0.4, 0.5) is 0 Å². The number of aromatic nitrogens is 2. The standard InChI is InChI=1S/C18H25N5O4.ClH/c19-8-6-15(24)20-11-14-3-1-2-9-23(14)17(25)5-4-16-21-18(22-27-16)13-7-10-26-12-13;/h7,10,12,14H,1-6,8-9,11,19H2,(H,20,24);1H. The number of carbonyl (C=O) groups excluding carboxylic acids is 2. The highest BCUT2D eigenvalue weighted by molar-refractivity contribution is 5.85. The number of carbonyl (C=O) groups is 2. The first kappa shape index (κ1) is 21.9. The first-order valence-electron chi connectivity index (χ1n) is 9.28. The number of nitrogens with two attached hydrogens (primary N) is 1. The molecule has 0 spiro atoms. The lowest BCUT2D eigenvalue weighted by Gasteiger charge is -2.36. The number of aryl methyl sites for hydroxylation is 1. The van der Waals surface area contributed by atoms with Gasteiger partial charge in [0.25, 0.3) is 0 Å². The van der Waals surface area contributed by atoms with Crippen molar-refractivity contribution in [2.45, 2.75) is 44.6 Å². The number of hydrogen-bond acceptors (Lipinski definition) is 7. The van der Waals surface area contributed by atoms with E-state index in [2.05, 4.69) is 15.5 Å². The van der Waals surface area contributed by atoms with Gasteiger partial charge in [0, 0.05) is 44.9 Å². The van der Waals surface area contributed by atoms with Gasteiger partial charge >= 0.3 is 0 Å². The Balaban J connectivity index is 0.00000280. The van der Waals surface area contributed by atoms with Crippen LogP contribution < -0.4 is 11.1 Å². The molecule has 1 aliphatic rings. The number of piperidine rings is 1. The lowest BCUT2D eigenvalue weighted by atomic mass is 10.0. The second-order valence-electron chi connectivity index (χ2n) is 6.60. The van der Waals surface area contributed by atoms with Gasteiger partial charge in [-0.05, 0) is 25.3 Å². The zero-order chi connectivity index (χ0) is 19.1. The number of nitrogens with one attached hydrogen (secondary N) is 1. The van der Waals surface area contributed by atoms with Gasteiger partial charge < -0.3 is 24.9 Å².